The van der Waals surface area contributed by atoms with Crippen molar-refractivity contribution in [1.82, 2.24) is 4.31 Å². The molecule has 0 amide bonds. The number of rotatable bonds is 3. The van der Waals surface area contributed by atoms with Gasteiger partial charge in [0.05, 0.1) is 0 Å². The molecule has 1 fully saturated rings. The molecular weight excluding hydrogens is 280 g/mol. The Hall–Kier alpha value is -1.54. The van der Waals surface area contributed by atoms with Crippen LogP contribution in [-0.2, 0) is 14.8 Å². The zero-order valence-corrected chi connectivity index (χ0v) is 10.5. The highest BCUT2D eigenvalue weighted by atomic mass is 32.2. The van der Waals surface area contributed by atoms with Crippen LogP contribution in [0.2, 0.25) is 0 Å². The van der Waals surface area contributed by atoms with Gasteiger partial charge in [-0.2, -0.15) is 4.31 Å². The van der Waals surface area contributed by atoms with Crippen LogP contribution < -0.4 is 0 Å². The van der Waals surface area contributed by atoms with E-state index >= 15 is 0 Å². The van der Waals surface area contributed by atoms with Crippen LogP contribution in [0.5, 0.6) is 0 Å². The Morgan fingerprint density at radius 2 is 2.05 bits per heavy atom. The van der Waals surface area contributed by atoms with Crippen molar-refractivity contribution in [3.05, 3.63) is 29.8 Å². The molecule has 1 aliphatic heterocycles. The fourth-order valence-electron chi connectivity index (χ4n) is 2.08. The van der Waals surface area contributed by atoms with Gasteiger partial charge in [0.1, 0.15) is 10.9 Å². The van der Waals surface area contributed by atoms with Crippen LogP contribution in [0.1, 0.15) is 12.8 Å². The smallest absolute Gasteiger partial charge is 0.322 e. The third kappa shape index (κ3) is 2.33. The van der Waals surface area contributed by atoms with E-state index in [0.29, 0.717) is 10.7 Å². The number of aliphatic carboxylic acids is 1. The minimum Gasteiger partial charge on any atom is -0.480 e. The van der Waals surface area contributed by atoms with Gasteiger partial charge in [0.25, 0.3) is 0 Å². The minimum absolute atomic E-state index is 0.0186. The summed E-state index contributed by atoms with van der Waals surface area (Å²) in [6.07, 6.45) is 0.526. The Kier molecular flexibility index (Phi) is 3.55. The van der Waals surface area contributed by atoms with E-state index in [2.05, 4.69) is 0 Å². The van der Waals surface area contributed by atoms with Gasteiger partial charge in [0.15, 0.2) is 11.6 Å². The minimum atomic E-state index is -4.35. The van der Waals surface area contributed by atoms with Gasteiger partial charge < -0.3 is 5.11 Å². The van der Waals surface area contributed by atoms with Crippen LogP contribution in [-0.4, -0.2) is 36.4 Å². The maximum atomic E-state index is 13.6. The normalized spacial score (nSPS) is 20.6. The number of nitrogens with zero attached hydrogens (tertiary/aromatic N) is 1. The highest BCUT2D eigenvalue weighted by molar-refractivity contribution is 7.89. The number of hydrogen-bond donors (Lipinski definition) is 1. The number of carbonyl (C=O) groups is 1. The lowest BCUT2D eigenvalue weighted by Crippen LogP contribution is -2.40. The summed E-state index contributed by atoms with van der Waals surface area (Å²) in [5, 5.41) is 8.94. The van der Waals surface area contributed by atoms with E-state index in [9.17, 15) is 22.0 Å². The predicted molar refractivity (Wildman–Crippen MR) is 60.9 cm³/mol. The van der Waals surface area contributed by atoms with Crippen LogP contribution in [0.15, 0.2) is 23.1 Å². The zero-order chi connectivity index (χ0) is 14.2. The van der Waals surface area contributed by atoms with E-state index in [1.54, 1.807) is 0 Å². The van der Waals surface area contributed by atoms with Crippen LogP contribution in [0.4, 0.5) is 8.78 Å². The second-order valence-corrected chi connectivity index (χ2v) is 6.02. The number of carboxylic acids is 1. The maximum Gasteiger partial charge on any atom is 0.322 e. The summed E-state index contributed by atoms with van der Waals surface area (Å²) in [6, 6.07) is 1.56. The molecule has 1 heterocycles. The van der Waals surface area contributed by atoms with Crippen LogP contribution in [0.25, 0.3) is 0 Å². The largest absolute Gasteiger partial charge is 0.480 e. The number of sulfonamides is 1. The molecule has 5 nitrogen and oxygen atoms in total. The Morgan fingerprint density at radius 1 is 1.37 bits per heavy atom. The molecule has 1 atom stereocenters. The highest BCUT2D eigenvalue weighted by Crippen LogP contribution is 2.28. The molecule has 0 saturated carbocycles. The lowest BCUT2D eigenvalue weighted by molar-refractivity contribution is -0.140. The molecule has 1 aliphatic rings. The molecule has 19 heavy (non-hydrogen) atoms. The molecule has 0 radical (unpaired) electrons. The molecule has 8 heteroatoms. The van der Waals surface area contributed by atoms with E-state index < -0.39 is 38.6 Å². The van der Waals surface area contributed by atoms with Crippen molar-refractivity contribution in [1.29, 1.82) is 0 Å². The fourth-order valence-corrected chi connectivity index (χ4v) is 3.81. The van der Waals surface area contributed by atoms with Crippen molar-refractivity contribution >= 4 is 16.0 Å². The van der Waals surface area contributed by atoms with Gasteiger partial charge in [0, 0.05) is 6.54 Å². The van der Waals surface area contributed by atoms with E-state index in [0.717, 1.165) is 18.2 Å². The fraction of sp³-hybridized carbons (Fsp3) is 0.364. The third-order valence-corrected chi connectivity index (χ3v) is 4.92. The lowest BCUT2D eigenvalue weighted by atomic mass is 10.2. The van der Waals surface area contributed by atoms with Gasteiger partial charge in [-0.3, -0.25) is 4.79 Å². The molecule has 1 saturated heterocycles. The average Bonchev–Trinajstić information content (AvgIpc) is 2.82. The molecule has 104 valence electrons. The van der Waals surface area contributed by atoms with Crippen molar-refractivity contribution in [2.45, 2.75) is 23.8 Å². The number of benzene rings is 1. The molecular formula is C11H11F2NO4S. The molecule has 0 aliphatic carbocycles. The van der Waals surface area contributed by atoms with E-state index in [1.165, 1.54) is 0 Å². The van der Waals surface area contributed by atoms with Gasteiger partial charge in [0.2, 0.25) is 10.0 Å². The Bertz CT molecular complexity index is 617. The van der Waals surface area contributed by atoms with Gasteiger partial charge in [-0.15, -0.1) is 0 Å². The average molecular weight is 291 g/mol. The first-order valence-electron chi connectivity index (χ1n) is 5.54. The standard InChI is InChI=1S/C11H11F2NO4S/c12-7-3-1-5-9(10(7)13)19(17,18)14-6-2-4-8(14)11(15)16/h1,3,5,8H,2,4,6H2,(H,15,16). The van der Waals surface area contributed by atoms with Crippen molar-refractivity contribution in [2.75, 3.05) is 6.54 Å². The van der Waals surface area contributed by atoms with Crippen molar-refractivity contribution < 1.29 is 27.1 Å². The third-order valence-electron chi connectivity index (χ3n) is 2.99. The SMILES string of the molecule is O=C(O)C1CCCN1S(=O)(=O)c1cccc(F)c1F. The summed E-state index contributed by atoms with van der Waals surface area (Å²) in [4.78, 5) is 10.1. The summed E-state index contributed by atoms with van der Waals surface area (Å²) < 4.78 is 51.7. The summed E-state index contributed by atoms with van der Waals surface area (Å²) in [5.41, 5.74) is 0. The number of halogens is 2. The first-order valence-corrected chi connectivity index (χ1v) is 6.98. The molecule has 2 rings (SSSR count). The van der Waals surface area contributed by atoms with Crippen LogP contribution in [0, 0.1) is 11.6 Å². The molecule has 0 aromatic heterocycles. The summed E-state index contributed by atoms with van der Waals surface area (Å²) in [7, 11) is -4.35. The summed E-state index contributed by atoms with van der Waals surface area (Å²) in [6.45, 7) is -0.0186. The molecule has 1 unspecified atom stereocenters. The maximum absolute atomic E-state index is 13.6. The predicted octanol–water partition coefficient (Wildman–Crippen LogP) is 1.20. The van der Waals surface area contributed by atoms with Crippen LogP contribution in [0.3, 0.4) is 0 Å². The molecule has 0 bridgehead atoms. The van der Waals surface area contributed by atoms with E-state index in [1.807, 2.05) is 0 Å². The quantitative estimate of drug-likeness (QED) is 0.908. The first kappa shape index (κ1) is 13.9. The second-order valence-electron chi connectivity index (χ2n) is 4.16. The van der Waals surface area contributed by atoms with Crippen molar-refractivity contribution in [3.8, 4) is 0 Å². The van der Waals surface area contributed by atoms with Crippen molar-refractivity contribution in [3.63, 3.8) is 0 Å². The Morgan fingerprint density at radius 3 is 2.68 bits per heavy atom. The van der Waals surface area contributed by atoms with Gasteiger partial charge in [-0.1, -0.05) is 6.07 Å². The molecule has 1 N–H and O–H groups in total. The van der Waals surface area contributed by atoms with Gasteiger partial charge in [-0.25, -0.2) is 17.2 Å². The molecule has 1 aromatic rings. The summed E-state index contributed by atoms with van der Waals surface area (Å²) in [5.74, 6) is -4.07. The lowest BCUT2D eigenvalue weighted by Gasteiger charge is -2.21. The van der Waals surface area contributed by atoms with E-state index in [4.69, 9.17) is 5.11 Å². The van der Waals surface area contributed by atoms with Crippen LogP contribution >= 0.6 is 0 Å². The highest BCUT2D eigenvalue weighted by Gasteiger charge is 2.40. The van der Waals surface area contributed by atoms with Gasteiger partial charge >= 0.3 is 5.97 Å². The molecule has 1 aromatic carbocycles. The van der Waals surface area contributed by atoms with Gasteiger partial charge in [-0.05, 0) is 25.0 Å². The van der Waals surface area contributed by atoms with Crippen molar-refractivity contribution in [2.24, 2.45) is 0 Å². The zero-order valence-electron chi connectivity index (χ0n) is 9.71. The number of hydrogen-bond acceptors (Lipinski definition) is 3. The topological polar surface area (TPSA) is 74.7 Å². The Balaban J connectivity index is 2.48. The Labute approximate surface area is 108 Å². The monoisotopic (exact) mass is 291 g/mol. The molecule has 0 spiro atoms. The van der Waals surface area contributed by atoms with E-state index in [-0.39, 0.29) is 13.0 Å². The number of carboxylic acid groups (broad SMARTS) is 1. The first-order chi connectivity index (χ1) is 8.85. The second kappa shape index (κ2) is 4.86. The summed E-state index contributed by atoms with van der Waals surface area (Å²) >= 11 is 0.